The molecule has 0 bridgehead atoms. The molecule has 0 fully saturated rings. The van der Waals surface area contributed by atoms with Gasteiger partial charge in [0, 0.05) is 0 Å². The van der Waals surface area contributed by atoms with E-state index in [0.29, 0.717) is 0 Å². The molecule has 12 heavy (non-hydrogen) atoms. The summed E-state index contributed by atoms with van der Waals surface area (Å²) in [4.78, 5) is 0. The second kappa shape index (κ2) is 3.44. The van der Waals surface area contributed by atoms with E-state index in [2.05, 4.69) is 57.4 Å². The molecule has 0 aliphatic heterocycles. The fourth-order valence-corrected chi connectivity index (χ4v) is 1.50. The van der Waals surface area contributed by atoms with Gasteiger partial charge >= 0.3 is 0 Å². The average Bonchev–Trinajstić information content (AvgIpc) is 1.92. The van der Waals surface area contributed by atoms with Crippen LogP contribution in [0.15, 0.2) is 18.2 Å². The molecule has 0 saturated carbocycles. The van der Waals surface area contributed by atoms with Crippen LogP contribution in [0.3, 0.4) is 0 Å². The number of hydrogen-bond donors (Lipinski definition) is 0. The maximum absolute atomic E-state index is 2.76. The van der Waals surface area contributed by atoms with Crippen molar-refractivity contribution in [3.05, 3.63) is 23.8 Å². The smallest absolute Gasteiger partial charge is 0.0132 e. The highest BCUT2D eigenvalue weighted by Crippen LogP contribution is 2.20. The van der Waals surface area contributed by atoms with E-state index in [1.807, 2.05) is 0 Å². The van der Waals surface area contributed by atoms with Crippen LogP contribution >= 0.6 is 18.5 Å². The topological polar surface area (TPSA) is 0 Å². The third kappa shape index (κ3) is 2.28. The molecule has 66 valence electrons. The molecule has 1 aromatic carbocycles. The summed E-state index contributed by atoms with van der Waals surface area (Å²) in [5, 5.41) is 2.53. The van der Waals surface area contributed by atoms with Gasteiger partial charge in [-0.05, 0) is 21.6 Å². The molecule has 0 heterocycles. The van der Waals surface area contributed by atoms with Crippen molar-refractivity contribution in [1.29, 1.82) is 0 Å². The van der Waals surface area contributed by atoms with Crippen LogP contribution in [-0.2, 0) is 5.41 Å². The molecule has 1 rings (SSSR count). The summed E-state index contributed by atoms with van der Waals surface area (Å²) in [6.07, 6.45) is 0. The maximum Gasteiger partial charge on any atom is -0.0132 e. The van der Waals surface area contributed by atoms with E-state index in [1.54, 1.807) is 0 Å². The van der Waals surface area contributed by atoms with Crippen LogP contribution in [0.1, 0.15) is 26.3 Å². The monoisotopic (exact) mass is 198 g/mol. The first kappa shape index (κ1) is 10.2. The fraction of sp³-hybridized carbons (Fsp3) is 0.400. The molecule has 2 unspecified atom stereocenters. The number of hydrogen-bond acceptors (Lipinski definition) is 0. The zero-order valence-corrected chi connectivity index (χ0v) is 10.2. The van der Waals surface area contributed by atoms with E-state index in [9.17, 15) is 0 Å². The van der Waals surface area contributed by atoms with Gasteiger partial charge in [-0.1, -0.05) is 39.0 Å². The van der Waals surface area contributed by atoms with Crippen LogP contribution in [0.2, 0.25) is 0 Å². The van der Waals surface area contributed by atoms with Gasteiger partial charge in [0.15, 0.2) is 0 Å². The SMILES string of the molecule is CC(C)(C)c1ccc(P)c(P)c1. The quantitative estimate of drug-likeness (QED) is 0.559. The van der Waals surface area contributed by atoms with Crippen molar-refractivity contribution in [1.82, 2.24) is 0 Å². The lowest BCUT2D eigenvalue weighted by atomic mass is 9.87. The van der Waals surface area contributed by atoms with Crippen LogP contribution in [0.4, 0.5) is 0 Å². The van der Waals surface area contributed by atoms with Gasteiger partial charge in [0.2, 0.25) is 0 Å². The molecule has 0 aromatic heterocycles. The molecule has 2 atom stereocenters. The molecular weight excluding hydrogens is 182 g/mol. The predicted octanol–water partition coefficient (Wildman–Crippen LogP) is 1.98. The molecule has 0 aliphatic carbocycles. The molecule has 0 amide bonds. The number of rotatable bonds is 0. The van der Waals surface area contributed by atoms with Crippen LogP contribution in [0, 0.1) is 0 Å². The normalized spacial score (nSPS) is 11.8. The minimum Gasteiger partial charge on any atom is -0.105 e. The van der Waals surface area contributed by atoms with E-state index in [4.69, 9.17) is 0 Å². The van der Waals surface area contributed by atoms with Crippen LogP contribution in [-0.4, -0.2) is 0 Å². The molecule has 0 aliphatic rings. The summed E-state index contributed by atoms with van der Waals surface area (Å²) >= 11 is 0. The Labute approximate surface area is 79.6 Å². The van der Waals surface area contributed by atoms with Crippen molar-refractivity contribution in [3.63, 3.8) is 0 Å². The van der Waals surface area contributed by atoms with Gasteiger partial charge in [-0.15, -0.1) is 18.5 Å². The second-order valence-electron chi connectivity index (χ2n) is 4.09. The van der Waals surface area contributed by atoms with Gasteiger partial charge in [0.1, 0.15) is 0 Å². The van der Waals surface area contributed by atoms with Crippen molar-refractivity contribution in [3.8, 4) is 0 Å². The van der Waals surface area contributed by atoms with Crippen molar-refractivity contribution in [2.45, 2.75) is 26.2 Å². The van der Waals surface area contributed by atoms with Gasteiger partial charge in [0.05, 0.1) is 0 Å². The van der Waals surface area contributed by atoms with E-state index >= 15 is 0 Å². The summed E-state index contributed by atoms with van der Waals surface area (Å²) in [5.74, 6) is 0. The zero-order chi connectivity index (χ0) is 9.35. The Balaban J connectivity index is 3.14. The highest BCUT2D eigenvalue weighted by molar-refractivity contribution is 7.35. The van der Waals surface area contributed by atoms with Gasteiger partial charge in [0.25, 0.3) is 0 Å². The number of benzene rings is 1. The predicted molar refractivity (Wildman–Crippen MR) is 63.8 cm³/mol. The van der Waals surface area contributed by atoms with E-state index in [0.717, 1.165) is 0 Å². The van der Waals surface area contributed by atoms with Crippen molar-refractivity contribution in [2.75, 3.05) is 0 Å². The summed E-state index contributed by atoms with van der Waals surface area (Å²) in [6, 6.07) is 6.57. The zero-order valence-electron chi connectivity index (χ0n) is 7.89. The first-order chi connectivity index (χ1) is 5.41. The minimum absolute atomic E-state index is 0.254. The summed E-state index contributed by atoms with van der Waals surface area (Å²) in [5.41, 5.74) is 1.64. The Morgan fingerprint density at radius 3 is 2.00 bits per heavy atom. The van der Waals surface area contributed by atoms with E-state index in [1.165, 1.54) is 16.2 Å². The second-order valence-corrected chi connectivity index (χ2v) is 5.34. The lowest BCUT2D eigenvalue weighted by molar-refractivity contribution is 0.591. The van der Waals surface area contributed by atoms with Crippen LogP contribution in [0.25, 0.3) is 0 Å². The highest BCUT2D eigenvalue weighted by atomic mass is 31.0. The molecule has 0 N–H and O–H groups in total. The van der Waals surface area contributed by atoms with Gasteiger partial charge in [-0.3, -0.25) is 0 Å². The van der Waals surface area contributed by atoms with Gasteiger partial charge < -0.3 is 0 Å². The lowest BCUT2D eigenvalue weighted by Gasteiger charge is -2.19. The maximum atomic E-state index is 2.76. The van der Waals surface area contributed by atoms with Gasteiger partial charge in [-0.25, -0.2) is 0 Å². The van der Waals surface area contributed by atoms with Crippen molar-refractivity contribution < 1.29 is 0 Å². The summed E-state index contributed by atoms with van der Waals surface area (Å²) < 4.78 is 0. The Kier molecular flexibility index (Phi) is 2.92. The Morgan fingerprint density at radius 1 is 1.00 bits per heavy atom. The standard InChI is InChI=1S/C10H16P2/c1-10(2,3)7-4-5-8(11)9(12)6-7/h4-6H,11-12H2,1-3H3. The summed E-state index contributed by atoms with van der Waals surface area (Å²) in [7, 11) is 5.49. The Bertz CT molecular complexity index is 284. The molecule has 1 aromatic rings. The molecule has 0 saturated heterocycles. The highest BCUT2D eigenvalue weighted by Gasteiger charge is 2.13. The van der Waals surface area contributed by atoms with Crippen molar-refractivity contribution in [2.24, 2.45) is 0 Å². The summed E-state index contributed by atoms with van der Waals surface area (Å²) in [6.45, 7) is 6.69. The molecule has 0 nitrogen and oxygen atoms in total. The Morgan fingerprint density at radius 2 is 1.58 bits per heavy atom. The third-order valence-electron chi connectivity index (χ3n) is 1.95. The van der Waals surface area contributed by atoms with E-state index < -0.39 is 0 Å². The molecule has 0 spiro atoms. The van der Waals surface area contributed by atoms with Crippen LogP contribution in [0.5, 0.6) is 0 Å². The molecule has 0 radical (unpaired) electrons. The largest absolute Gasteiger partial charge is 0.105 e. The lowest BCUT2D eigenvalue weighted by Crippen LogP contribution is -2.18. The fourth-order valence-electron chi connectivity index (χ4n) is 1.04. The average molecular weight is 198 g/mol. The first-order valence-electron chi connectivity index (χ1n) is 4.07. The van der Waals surface area contributed by atoms with Gasteiger partial charge in [-0.2, -0.15) is 0 Å². The molecular formula is C10H16P2. The van der Waals surface area contributed by atoms with Crippen LogP contribution < -0.4 is 10.6 Å². The molecule has 2 heteroatoms. The third-order valence-corrected chi connectivity index (χ3v) is 3.31. The van der Waals surface area contributed by atoms with Crippen molar-refractivity contribution >= 4 is 29.1 Å². The first-order valence-corrected chi connectivity index (χ1v) is 5.22. The minimum atomic E-state index is 0.254. The van der Waals surface area contributed by atoms with E-state index in [-0.39, 0.29) is 5.41 Å². The Hall–Kier alpha value is 0.0800.